The molecule has 1 fully saturated rings. The SMILES string of the molecule is CCn1cc(C(O)CN2CCN(c3cc(C)nc(C)n3)CC2)c2ccccc21. The molecule has 28 heavy (non-hydrogen) atoms. The van der Waals surface area contributed by atoms with Crippen LogP contribution in [0, 0.1) is 13.8 Å². The molecular weight excluding hydrogens is 350 g/mol. The number of β-amino-alcohol motifs (C(OH)–C–C–N with tert-alkyl or cyclic N) is 1. The van der Waals surface area contributed by atoms with Gasteiger partial charge in [-0.15, -0.1) is 0 Å². The Bertz CT molecular complexity index is 938. The second kappa shape index (κ2) is 7.89. The maximum atomic E-state index is 10.9. The van der Waals surface area contributed by atoms with Gasteiger partial charge in [0.05, 0.1) is 6.10 Å². The van der Waals surface area contributed by atoms with Crippen molar-refractivity contribution in [2.75, 3.05) is 37.6 Å². The Hall–Kier alpha value is -2.44. The number of aromatic nitrogens is 3. The fraction of sp³-hybridized carbons (Fsp3) is 0.455. The van der Waals surface area contributed by atoms with Gasteiger partial charge in [-0.05, 0) is 26.8 Å². The highest BCUT2D eigenvalue weighted by Crippen LogP contribution is 2.27. The number of anilines is 1. The molecule has 1 saturated heterocycles. The molecule has 0 radical (unpaired) electrons. The van der Waals surface area contributed by atoms with Gasteiger partial charge in [-0.2, -0.15) is 0 Å². The summed E-state index contributed by atoms with van der Waals surface area (Å²) in [4.78, 5) is 13.6. The van der Waals surface area contributed by atoms with E-state index in [1.54, 1.807) is 0 Å². The van der Waals surface area contributed by atoms with Gasteiger partial charge in [0.2, 0.25) is 0 Å². The van der Waals surface area contributed by atoms with Crippen LogP contribution < -0.4 is 4.90 Å². The first-order chi connectivity index (χ1) is 13.5. The van der Waals surface area contributed by atoms with E-state index in [4.69, 9.17) is 0 Å². The molecule has 0 saturated carbocycles. The molecule has 0 spiro atoms. The molecule has 1 N–H and O–H groups in total. The molecule has 1 aromatic carbocycles. The minimum atomic E-state index is -0.479. The Kier molecular flexibility index (Phi) is 5.33. The molecule has 6 heteroatoms. The second-order valence-electron chi connectivity index (χ2n) is 7.61. The van der Waals surface area contributed by atoms with E-state index in [-0.39, 0.29) is 0 Å². The lowest BCUT2D eigenvalue weighted by molar-refractivity contribution is 0.110. The number of hydrogen-bond donors (Lipinski definition) is 1. The van der Waals surface area contributed by atoms with Gasteiger partial charge in [-0.25, -0.2) is 9.97 Å². The molecule has 3 aromatic rings. The zero-order chi connectivity index (χ0) is 19.7. The minimum absolute atomic E-state index is 0.479. The predicted molar refractivity (Wildman–Crippen MR) is 113 cm³/mol. The smallest absolute Gasteiger partial charge is 0.132 e. The van der Waals surface area contributed by atoms with E-state index in [9.17, 15) is 5.11 Å². The lowest BCUT2D eigenvalue weighted by Gasteiger charge is -2.36. The van der Waals surface area contributed by atoms with Gasteiger partial charge in [-0.1, -0.05) is 18.2 Å². The van der Waals surface area contributed by atoms with Crippen LogP contribution >= 0.6 is 0 Å². The average Bonchev–Trinajstić information content (AvgIpc) is 3.07. The van der Waals surface area contributed by atoms with Crippen LogP contribution in [0.3, 0.4) is 0 Å². The van der Waals surface area contributed by atoms with Gasteiger partial charge in [0, 0.05) is 73.7 Å². The number of aryl methyl sites for hydroxylation is 3. The Balaban J connectivity index is 1.42. The van der Waals surface area contributed by atoms with Crippen molar-refractivity contribution in [2.45, 2.75) is 33.4 Å². The largest absolute Gasteiger partial charge is 0.387 e. The fourth-order valence-electron chi connectivity index (χ4n) is 4.16. The summed E-state index contributed by atoms with van der Waals surface area (Å²) in [7, 11) is 0. The van der Waals surface area contributed by atoms with Crippen molar-refractivity contribution >= 4 is 16.7 Å². The van der Waals surface area contributed by atoms with E-state index in [1.165, 1.54) is 5.52 Å². The number of piperazine rings is 1. The predicted octanol–water partition coefficient (Wildman–Crippen LogP) is 2.92. The third-order valence-corrected chi connectivity index (χ3v) is 5.60. The molecular formula is C22H29N5O. The second-order valence-corrected chi connectivity index (χ2v) is 7.61. The van der Waals surface area contributed by atoms with E-state index in [0.717, 1.165) is 61.0 Å². The number of rotatable bonds is 5. The highest BCUT2D eigenvalue weighted by molar-refractivity contribution is 5.84. The van der Waals surface area contributed by atoms with Crippen molar-refractivity contribution in [3.8, 4) is 0 Å². The Morgan fingerprint density at radius 2 is 1.82 bits per heavy atom. The minimum Gasteiger partial charge on any atom is -0.387 e. The first kappa shape index (κ1) is 18.9. The number of para-hydroxylation sites is 1. The topological polar surface area (TPSA) is 57.4 Å². The summed E-state index contributed by atoms with van der Waals surface area (Å²) in [6.45, 7) is 11.3. The Labute approximate surface area is 166 Å². The fourth-order valence-corrected chi connectivity index (χ4v) is 4.16. The zero-order valence-electron chi connectivity index (χ0n) is 17.0. The number of hydrogen-bond acceptors (Lipinski definition) is 5. The molecule has 3 heterocycles. The van der Waals surface area contributed by atoms with Crippen molar-refractivity contribution in [3.05, 3.63) is 53.6 Å². The van der Waals surface area contributed by atoms with Crippen LogP contribution in [0.15, 0.2) is 36.5 Å². The molecule has 1 aliphatic rings. The van der Waals surface area contributed by atoms with E-state index in [2.05, 4.69) is 61.7 Å². The molecule has 1 atom stereocenters. The quantitative estimate of drug-likeness (QED) is 0.739. The van der Waals surface area contributed by atoms with Crippen LogP contribution in [0.1, 0.15) is 30.1 Å². The molecule has 2 aromatic heterocycles. The summed E-state index contributed by atoms with van der Waals surface area (Å²) < 4.78 is 2.21. The van der Waals surface area contributed by atoms with Crippen LogP contribution in [0.5, 0.6) is 0 Å². The third-order valence-electron chi connectivity index (χ3n) is 5.60. The maximum absolute atomic E-state index is 10.9. The summed E-state index contributed by atoms with van der Waals surface area (Å²) in [5, 5.41) is 12.1. The Morgan fingerprint density at radius 1 is 1.07 bits per heavy atom. The lowest BCUT2D eigenvalue weighted by atomic mass is 10.1. The van der Waals surface area contributed by atoms with Crippen LogP contribution in [0.25, 0.3) is 10.9 Å². The molecule has 1 aliphatic heterocycles. The molecule has 0 bridgehead atoms. The monoisotopic (exact) mass is 379 g/mol. The summed E-state index contributed by atoms with van der Waals surface area (Å²) in [5.41, 5.74) is 3.23. The van der Waals surface area contributed by atoms with Crippen molar-refractivity contribution < 1.29 is 5.11 Å². The Morgan fingerprint density at radius 3 is 2.54 bits per heavy atom. The van der Waals surface area contributed by atoms with Crippen LogP contribution in [0.4, 0.5) is 5.82 Å². The first-order valence-corrected chi connectivity index (χ1v) is 10.1. The average molecular weight is 380 g/mol. The number of aliphatic hydroxyl groups excluding tert-OH is 1. The van der Waals surface area contributed by atoms with E-state index >= 15 is 0 Å². The zero-order valence-corrected chi connectivity index (χ0v) is 17.0. The van der Waals surface area contributed by atoms with E-state index in [1.807, 2.05) is 19.9 Å². The van der Waals surface area contributed by atoms with Crippen molar-refractivity contribution in [3.63, 3.8) is 0 Å². The van der Waals surface area contributed by atoms with Crippen LogP contribution in [-0.2, 0) is 6.54 Å². The molecule has 1 unspecified atom stereocenters. The summed E-state index contributed by atoms with van der Waals surface area (Å²) in [5.74, 6) is 1.83. The number of nitrogens with zero attached hydrogens (tertiary/aromatic N) is 5. The highest BCUT2D eigenvalue weighted by atomic mass is 16.3. The summed E-state index contributed by atoms with van der Waals surface area (Å²) in [6.07, 6.45) is 1.63. The van der Waals surface area contributed by atoms with Gasteiger partial charge < -0.3 is 14.6 Å². The standard InChI is InChI=1S/C22H29N5O/c1-4-26-14-19(18-7-5-6-8-20(18)26)21(28)15-25-9-11-27(12-10-25)22-13-16(2)23-17(3)24-22/h5-8,13-14,21,28H,4,9-12,15H2,1-3H3. The van der Waals surface area contributed by atoms with Crippen molar-refractivity contribution in [1.29, 1.82) is 0 Å². The molecule has 0 aliphatic carbocycles. The molecule has 0 amide bonds. The van der Waals surface area contributed by atoms with Gasteiger partial charge in [0.1, 0.15) is 11.6 Å². The highest BCUT2D eigenvalue weighted by Gasteiger charge is 2.23. The third kappa shape index (κ3) is 3.75. The molecule has 6 nitrogen and oxygen atoms in total. The van der Waals surface area contributed by atoms with Crippen molar-refractivity contribution in [2.24, 2.45) is 0 Å². The van der Waals surface area contributed by atoms with Crippen molar-refractivity contribution in [1.82, 2.24) is 19.4 Å². The molecule has 148 valence electrons. The van der Waals surface area contributed by atoms with E-state index < -0.39 is 6.10 Å². The lowest BCUT2D eigenvalue weighted by Crippen LogP contribution is -2.47. The molecule has 4 rings (SSSR count). The number of aliphatic hydroxyl groups is 1. The summed E-state index contributed by atoms with van der Waals surface area (Å²) >= 11 is 0. The summed E-state index contributed by atoms with van der Waals surface area (Å²) in [6, 6.07) is 10.4. The van der Waals surface area contributed by atoms with Crippen LogP contribution in [0.2, 0.25) is 0 Å². The normalized spacial score (nSPS) is 16.6. The maximum Gasteiger partial charge on any atom is 0.132 e. The first-order valence-electron chi connectivity index (χ1n) is 10.1. The van der Waals surface area contributed by atoms with Gasteiger partial charge in [-0.3, -0.25) is 4.90 Å². The number of fused-ring (bicyclic) bond motifs is 1. The van der Waals surface area contributed by atoms with Gasteiger partial charge in [0.15, 0.2) is 0 Å². The van der Waals surface area contributed by atoms with E-state index in [0.29, 0.717) is 6.54 Å². The van der Waals surface area contributed by atoms with Gasteiger partial charge >= 0.3 is 0 Å². The number of benzene rings is 1. The van der Waals surface area contributed by atoms with Crippen LogP contribution in [-0.4, -0.2) is 57.3 Å². The van der Waals surface area contributed by atoms with Gasteiger partial charge in [0.25, 0.3) is 0 Å².